The van der Waals surface area contributed by atoms with Gasteiger partial charge in [-0.3, -0.25) is 0 Å². The first-order valence-electron chi connectivity index (χ1n) is 11.7. The zero-order valence-corrected chi connectivity index (χ0v) is 19.7. The average molecular weight is 448 g/mol. The number of fused-ring (bicyclic) bond motifs is 1. The molecular formula is C27H33N3O3. The van der Waals surface area contributed by atoms with E-state index in [-0.39, 0.29) is 11.7 Å². The summed E-state index contributed by atoms with van der Waals surface area (Å²) in [6.45, 7) is 4.84. The Hall–Kier alpha value is -3.12. The topological polar surface area (TPSA) is 69.3 Å². The second-order valence-corrected chi connectivity index (χ2v) is 9.09. The summed E-state index contributed by atoms with van der Waals surface area (Å²) in [5.41, 5.74) is 2.08. The van der Waals surface area contributed by atoms with Crippen molar-refractivity contribution in [2.75, 3.05) is 33.7 Å². The van der Waals surface area contributed by atoms with Crippen LogP contribution in [0, 0.1) is 5.92 Å². The number of para-hydroxylation sites is 1. The van der Waals surface area contributed by atoms with Crippen molar-refractivity contribution in [1.29, 1.82) is 0 Å². The van der Waals surface area contributed by atoms with Crippen LogP contribution in [0.2, 0.25) is 0 Å². The molecule has 2 atom stereocenters. The normalized spacial score (nSPS) is 17.1. The lowest BCUT2D eigenvalue weighted by atomic mass is 9.78. The lowest BCUT2D eigenvalue weighted by Gasteiger charge is -2.35. The van der Waals surface area contributed by atoms with E-state index in [0.717, 1.165) is 30.9 Å². The SMILES string of the molecule is C/C(=N/N(C)C)[C@H](CN1CCCCC1)[C@@H](c1ccccc1)c1c(O)c2ccccc2oc1=O. The zero-order valence-electron chi connectivity index (χ0n) is 19.7. The van der Waals surface area contributed by atoms with E-state index in [1.807, 2.05) is 57.4 Å². The number of piperidine rings is 1. The summed E-state index contributed by atoms with van der Waals surface area (Å²) >= 11 is 0. The fourth-order valence-corrected chi connectivity index (χ4v) is 4.97. The molecule has 6 nitrogen and oxygen atoms in total. The maximum atomic E-state index is 13.3. The number of hydrazone groups is 1. The molecule has 33 heavy (non-hydrogen) atoms. The highest BCUT2D eigenvalue weighted by atomic mass is 16.4. The first-order valence-corrected chi connectivity index (χ1v) is 11.7. The van der Waals surface area contributed by atoms with Gasteiger partial charge in [-0.05, 0) is 50.6 Å². The highest BCUT2D eigenvalue weighted by Gasteiger charge is 2.35. The largest absolute Gasteiger partial charge is 0.507 e. The summed E-state index contributed by atoms with van der Waals surface area (Å²) < 4.78 is 5.70. The maximum absolute atomic E-state index is 13.3. The first kappa shape index (κ1) is 23.1. The van der Waals surface area contributed by atoms with E-state index in [1.165, 1.54) is 19.3 Å². The molecule has 0 unspecified atom stereocenters. The lowest BCUT2D eigenvalue weighted by molar-refractivity contribution is 0.206. The second-order valence-electron chi connectivity index (χ2n) is 9.09. The molecule has 2 aromatic carbocycles. The molecule has 0 amide bonds. The number of benzene rings is 2. The molecular weight excluding hydrogens is 414 g/mol. The van der Waals surface area contributed by atoms with Crippen LogP contribution in [0.25, 0.3) is 11.0 Å². The number of nitrogens with zero attached hydrogens (tertiary/aromatic N) is 3. The fourth-order valence-electron chi connectivity index (χ4n) is 4.97. The number of likely N-dealkylation sites (tertiary alicyclic amines) is 1. The number of rotatable bonds is 7. The highest BCUT2D eigenvalue weighted by molar-refractivity contribution is 5.88. The Kier molecular flexibility index (Phi) is 7.14. The Balaban J connectivity index is 1.91. The minimum atomic E-state index is -0.499. The molecule has 1 fully saturated rings. The summed E-state index contributed by atoms with van der Waals surface area (Å²) in [6, 6.07) is 17.1. The van der Waals surface area contributed by atoms with E-state index in [2.05, 4.69) is 4.90 Å². The first-order chi connectivity index (χ1) is 16.0. The molecule has 1 N–H and O–H groups in total. The molecule has 4 rings (SSSR count). The van der Waals surface area contributed by atoms with Crippen molar-refractivity contribution in [2.45, 2.75) is 32.1 Å². The Morgan fingerprint density at radius 1 is 1.06 bits per heavy atom. The molecule has 0 radical (unpaired) electrons. The van der Waals surface area contributed by atoms with E-state index < -0.39 is 11.5 Å². The van der Waals surface area contributed by atoms with Crippen LogP contribution in [0.3, 0.4) is 0 Å². The predicted molar refractivity (Wildman–Crippen MR) is 133 cm³/mol. The van der Waals surface area contributed by atoms with Crippen molar-refractivity contribution in [3.63, 3.8) is 0 Å². The summed E-state index contributed by atoms with van der Waals surface area (Å²) in [5, 5.41) is 18.4. The smallest absolute Gasteiger partial charge is 0.343 e. The van der Waals surface area contributed by atoms with Crippen LogP contribution < -0.4 is 5.63 Å². The van der Waals surface area contributed by atoms with Crippen molar-refractivity contribution in [2.24, 2.45) is 11.0 Å². The van der Waals surface area contributed by atoms with Gasteiger partial charge in [0.15, 0.2) is 0 Å². The lowest BCUT2D eigenvalue weighted by Crippen LogP contribution is -2.40. The van der Waals surface area contributed by atoms with Crippen LogP contribution in [-0.2, 0) is 0 Å². The van der Waals surface area contributed by atoms with Crippen molar-refractivity contribution in [3.8, 4) is 5.75 Å². The Bertz CT molecular complexity index is 1160. The Morgan fingerprint density at radius 3 is 2.42 bits per heavy atom. The molecule has 2 heterocycles. The van der Waals surface area contributed by atoms with Crippen molar-refractivity contribution in [3.05, 3.63) is 76.1 Å². The third kappa shape index (κ3) is 5.11. The van der Waals surface area contributed by atoms with Gasteiger partial charge in [0.25, 0.3) is 0 Å². The Labute approximate surface area is 195 Å². The van der Waals surface area contributed by atoms with Crippen LogP contribution in [0.15, 0.2) is 68.9 Å². The molecule has 1 saturated heterocycles. The summed E-state index contributed by atoms with van der Waals surface area (Å²) in [5.74, 6) is -0.502. The van der Waals surface area contributed by atoms with Gasteiger partial charge >= 0.3 is 5.63 Å². The van der Waals surface area contributed by atoms with E-state index in [9.17, 15) is 9.90 Å². The second kappa shape index (κ2) is 10.2. The summed E-state index contributed by atoms with van der Waals surface area (Å²) in [7, 11) is 3.81. The molecule has 174 valence electrons. The van der Waals surface area contributed by atoms with E-state index >= 15 is 0 Å². The molecule has 1 aromatic heterocycles. The van der Waals surface area contributed by atoms with E-state index in [0.29, 0.717) is 16.5 Å². The predicted octanol–water partition coefficient (Wildman–Crippen LogP) is 4.67. The van der Waals surface area contributed by atoms with Gasteiger partial charge in [0.1, 0.15) is 11.3 Å². The van der Waals surface area contributed by atoms with Gasteiger partial charge in [-0.1, -0.05) is 48.9 Å². The molecule has 0 aliphatic carbocycles. The summed E-state index contributed by atoms with van der Waals surface area (Å²) in [6.07, 6.45) is 3.61. The van der Waals surface area contributed by atoms with Gasteiger partial charge in [-0.2, -0.15) is 5.10 Å². The third-order valence-electron chi connectivity index (χ3n) is 6.49. The van der Waals surface area contributed by atoms with Gasteiger partial charge in [0.2, 0.25) is 0 Å². The Morgan fingerprint density at radius 2 is 1.73 bits per heavy atom. The molecule has 1 aliphatic rings. The van der Waals surface area contributed by atoms with Crippen LogP contribution in [0.1, 0.15) is 43.2 Å². The third-order valence-corrected chi connectivity index (χ3v) is 6.49. The van der Waals surface area contributed by atoms with E-state index in [1.54, 1.807) is 23.2 Å². The monoisotopic (exact) mass is 447 g/mol. The van der Waals surface area contributed by atoms with Crippen LogP contribution in [-0.4, -0.2) is 54.5 Å². The van der Waals surface area contributed by atoms with Gasteiger partial charge in [0, 0.05) is 38.2 Å². The maximum Gasteiger partial charge on any atom is 0.343 e. The minimum absolute atomic E-state index is 0.00278. The van der Waals surface area contributed by atoms with Crippen molar-refractivity contribution < 1.29 is 9.52 Å². The van der Waals surface area contributed by atoms with Gasteiger partial charge < -0.3 is 19.4 Å². The quantitative estimate of drug-likeness (QED) is 0.324. The zero-order chi connectivity index (χ0) is 23.4. The van der Waals surface area contributed by atoms with Gasteiger partial charge in [-0.15, -0.1) is 0 Å². The fraction of sp³-hybridized carbons (Fsp3) is 0.407. The highest BCUT2D eigenvalue weighted by Crippen LogP contribution is 2.39. The number of aromatic hydroxyl groups is 1. The van der Waals surface area contributed by atoms with Gasteiger partial charge in [-0.25, -0.2) is 4.79 Å². The number of hydrogen-bond donors (Lipinski definition) is 1. The van der Waals surface area contributed by atoms with Crippen LogP contribution in [0.4, 0.5) is 0 Å². The minimum Gasteiger partial charge on any atom is -0.507 e. The van der Waals surface area contributed by atoms with Crippen LogP contribution >= 0.6 is 0 Å². The molecule has 0 bridgehead atoms. The molecule has 3 aromatic rings. The average Bonchev–Trinajstić information content (AvgIpc) is 2.81. The standard InChI is InChI=1S/C27H33N3O3/c1-19(28-29(2)3)22(18-30-16-10-5-11-17-30)24(20-12-6-4-7-13-20)25-26(31)21-14-8-9-15-23(21)33-27(25)32/h4,6-9,12-15,22,24,31H,5,10-11,16-18H2,1-3H3/b28-19-/t22-,24+/m0/s1. The van der Waals surface area contributed by atoms with Crippen molar-refractivity contribution in [1.82, 2.24) is 9.91 Å². The van der Waals surface area contributed by atoms with Crippen molar-refractivity contribution >= 4 is 16.7 Å². The van der Waals surface area contributed by atoms with E-state index in [4.69, 9.17) is 9.52 Å². The molecule has 0 spiro atoms. The summed E-state index contributed by atoms with van der Waals surface area (Å²) in [4.78, 5) is 15.8. The number of hydrogen-bond acceptors (Lipinski definition) is 6. The van der Waals surface area contributed by atoms with Crippen LogP contribution in [0.5, 0.6) is 5.75 Å². The molecule has 0 saturated carbocycles. The molecule has 1 aliphatic heterocycles. The van der Waals surface area contributed by atoms with Gasteiger partial charge in [0.05, 0.1) is 10.9 Å². The molecule has 6 heteroatoms.